The predicted molar refractivity (Wildman–Crippen MR) is 130 cm³/mol. The maximum atomic E-state index is 12.6. The standard InChI is InChI=1S/C26H37NO6/c1-16(9-20-12-21(27)14-22(29)13-20)7-6-8-26(33-5)25(32)15-24(31)18(3)10-17(2)23(30)11-19(4)28/h6-8,10,12-14,18,23-24,26,29-31H,9,11,15,27H2,1-5H3/b8-6+,16-7+,17-10+/t18-,23-,24-,26+/m0/s1. The van der Waals surface area contributed by atoms with E-state index in [9.17, 15) is 24.9 Å². The first-order valence-corrected chi connectivity index (χ1v) is 10.9. The summed E-state index contributed by atoms with van der Waals surface area (Å²) in [6, 6.07) is 4.93. The Morgan fingerprint density at radius 1 is 1.12 bits per heavy atom. The van der Waals surface area contributed by atoms with Crippen molar-refractivity contribution in [1.82, 2.24) is 0 Å². The number of benzene rings is 1. The number of Topliss-reactive ketones (excluding diaryl/α,β-unsaturated/α-hetero) is 2. The zero-order valence-corrected chi connectivity index (χ0v) is 20.1. The first kappa shape index (κ1) is 28.3. The van der Waals surface area contributed by atoms with Crippen LogP contribution in [0.4, 0.5) is 5.69 Å². The second-order valence-corrected chi connectivity index (χ2v) is 8.59. The predicted octanol–water partition coefficient (Wildman–Crippen LogP) is 3.28. The van der Waals surface area contributed by atoms with Crippen molar-refractivity contribution in [3.8, 4) is 5.75 Å². The van der Waals surface area contributed by atoms with Gasteiger partial charge in [0, 0.05) is 37.6 Å². The van der Waals surface area contributed by atoms with Crippen molar-refractivity contribution in [2.75, 3.05) is 12.8 Å². The summed E-state index contributed by atoms with van der Waals surface area (Å²) in [5.74, 6) is -0.655. The van der Waals surface area contributed by atoms with Crippen molar-refractivity contribution < 1.29 is 29.6 Å². The van der Waals surface area contributed by atoms with Gasteiger partial charge in [0.25, 0.3) is 0 Å². The Morgan fingerprint density at radius 3 is 2.36 bits per heavy atom. The number of aromatic hydroxyl groups is 1. The smallest absolute Gasteiger partial charge is 0.168 e. The van der Waals surface area contributed by atoms with E-state index >= 15 is 0 Å². The summed E-state index contributed by atoms with van der Waals surface area (Å²) in [6.07, 6.45) is 4.74. The van der Waals surface area contributed by atoms with E-state index in [0.717, 1.165) is 11.1 Å². The molecule has 7 nitrogen and oxygen atoms in total. The Bertz CT molecular complexity index is 882. The molecule has 4 atom stereocenters. The summed E-state index contributed by atoms with van der Waals surface area (Å²) in [4.78, 5) is 23.7. The Hall–Kier alpha value is -2.74. The SMILES string of the molecule is CO[C@H](/C=C/C=C(\C)Cc1cc(N)cc(O)c1)C(=O)C[C@H](O)[C@@H](C)/C=C(\C)[C@@H](O)CC(C)=O. The number of allylic oxidation sites excluding steroid dienone is 3. The Morgan fingerprint density at radius 2 is 1.79 bits per heavy atom. The quantitative estimate of drug-likeness (QED) is 0.202. The van der Waals surface area contributed by atoms with Gasteiger partial charge in [0.2, 0.25) is 0 Å². The fraction of sp³-hybridized carbons (Fsp3) is 0.462. The van der Waals surface area contributed by atoms with Gasteiger partial charge in [0.15, 0.2) is 5.78 Å². The molecular formula is C26H37NO6. The molecular weight excluding hydrogens is 422 g/mol. The second-order valence-electron chi connectivity index (χ2n) is 8.59. The number of nitrogens with two attached hydrogens (primary N) is 1. The van der Waals surface area contributed by atoms with Crippen molar-refractivity contribution in [3.05, 3.63) is 59.2 Å². The van der Waals surface area contributed by atoms with Crippen LogP contribution < -0.4 is 5.73 Å². The summed E-state index contributed by atoms with van der Waals surface area (Å²) in [6.45, 7) is 6.78. The molecule has 1 aromatic rings. The molecule has 0 aliphatic carbocycles. The molecule has 0 saturated carbocycles. The van der Waals surface area contributed by atoms with Gasteiger partial charge in [-0.25, -0.2) is 0 Å². The van der Waals surface area contributed by atoms with Crippen molar-refractivity contribution >= 4 is 17.3 Å². The molecule has 0 heterocycles. The largest absolute Gasteiger partial charge is 0.508 e. The molecule has 0 bridgehead atoms. The molecule has 0 radical (unpaired) electrons. The summed E-state index contributed by atoms with van der Waals surface area (Å²) in [5.41, 5.74) is 8.70. The number of aliphatic hydroxyl groups excluding tert-OH is 2. The number of nitrogen functional groups attached to an aromatic ring is 1. The Labute approximate surface area is 196 Å². The molecule has 0 spiro atoms. The number of ether oxygens (including phenoxy) is 1. The molecule has 7 heteroatoms. The van der Waals surface area contributed by atoms with Gasteiger partial charge in [-0.15, -0.1) is 0 Å². The number of carbonyl (C=O) groups is 2. The van der Waals surface area contributed by atoms with Crippen LogP contribution in [-0.2, 0) is 20.7 Å². The van der Waals surface area contributed by atoms with Gasteiger partial charge in [-0.3, -0.25) is 9.59 Å². The molecule has 0 unspecified atom stereocenters. The van der Waals surface area contributed by atoms with Gasteiger partial charge in [-0.05, 0) is 56.5 Å². The summed E-state index contributed by atoms with van der Waals surface area (Å²) in [7, 11) is 1.43. The van der Waals surface area contributed by atoms with E-state index in [2.05, 4.69) is 0 Å². The number of hydrogen-bond donors (Lipinski definition) is 4. The van der Waals surface area contributed by atoms with Crippen molar-refractivity contribution in [1.29, 1.82) is 0 Å². The molecule has 0 aromatic heterocycles. The molecule has 0 amide bonds. The van der Waals surface area contributed by atoms with Crippen LogP contribution in [0.5, 0.6) is 5.75 Å². The maximum absolute atomic E-state index is 12.6. The number of carbonyl (C=O) groups excluding carboxylic acids is 2. The molecule has 0 aliphatic heterocycles. The van der Waals surface area contributed by atoms with Gasteiger partial charge < -0.3 is 25.8 Å². The number of hydrogen-bond acceptors (Lipinski definition) is 7. The molecule has 1 rings (SSSR count). The first-order chi connectivity index (χ1) is 15.4. The Balaban J connectivity index is 2.70. The number of ketones is 2. The van der Waals surface area contributed by atoms with Crippen molar-refractivity contribution in [2.24, 2.45) is 5.92 Å². The van der Waals surface area contributed by atoms with Crippen LogP contribution in [0.25, 0.3) is 0 Å². The lowest BCUT2D eigenvalue weighted by Crippen LogP contribution is -2.28. The molecule has 5 N–H and O–H groups in total. The highest BCUT2D eigenvalue weighted by Crippen LogP contribution is 2.20. The lowest BCUT2D eigenvalue weighted by molar-refractivity contribution is -0.128. The van der Waals surface area contributed by atoms with Crippen LogP contribution in [0.1, 0.15) is 46.1 Å². The van der Waals surface area contributed by atoms with Crippen molar-refractivity contribution in [2.45, 2.75) is 65.3 Å². The van der Waals surface area contributed by atoms with E-state index in [4.69, 9.17) is 10.5 Å². The average Bonchev–Trinajstić information content (AvgIpc) is 2.69. The fourth-order valence-electron chi connectivity index (χ4n) is 3.40. The average molecular weight is 460 g/mol. The van der Waals surface area contributed by atoms with Gasteiger partial charge >= 0.3 is 0 Å². The highest BCUT2D eigenvalue weighted by Gasteiger charge is 2.22. The maximum Gasteiger partial charge on any atom is 0.168 e. The number of methoxy groups -OCH3 is 1. The summed E-state index contributed by atoms with van der Waals surface area (Å²) in [5, 5.41) is 30.1. The normalized spacial score (nSPS) is 16.5. The summed E-state index contributed by atoms with van der Waals surface area (Å²) >= 11 is 0. The third kappa shape index (κ3) is 10.6. The zero-order chi connectivity index (χ0) is 25.1. The number of phenolic OH excluding ortho intramolecular Hbond substituents is 1. The minimum atomic E-state index is -0.948. The van der Waals surface area contributed by atoms with Gasteiger partial charge in [-0.1, -0.05) is 30.7 Å². The van der Waals surface area contributed by atoms with Gasteiger partial charge in [0.1, 0.15) is 17.6 Å². The van der Waals surface area contributed by atoms with E-state index in [1.807, 2.05) is 13.0 Å². The second kappa shape index (κ2) is 13.7. The van der Waals surface area contributed by atoms with Crippen LogP contribution in [0.15, 0.2) is 53.6 Å². The van der Waals surface area contributed by atoms with Crippen LogP contribution >= 0.6 is 0 Å². The highest BCUT2D eigenvalue weighted by molar-refractivity contribution is 5.85. The first-order valence-electron chi connectivity index (χ1n) is 10.9. The molecule has 0 fully saturated rings. The van der Waals surface area contributed by atoms with E-state index in [1.165, 1.54) is 20.1 Å². The third-order valence-electron chi connectivity index (χ3n) is 5.27. The van der Waals surface area contributed by atoms with Crippen LogP contribution in [0, 0.1) is 5.92 Å². The number of phenols is 1. The zero-order valence-electron chi connectivity index (χ0n) is 20.1. The Kier molecular flexibility index (Phi) is 11.8. The number of rotatable bonds is 13. The summed E-state index contributed by atoms with van der Waals surface area (Å²) < 4.78 is 5.27. The monoisotopic (exact) mass is 459 g/mol. The molecule has 182 valence electrons. The molecule has 1 aromatic carbocycles. The lowest BCUT2D eigenvalue weighted by Gasteiger charge is -2.19. The molecule has 0 aliphatic rings. The van der Waals surface area contributed by atoms with E-state index in [0.29, 0.717) is 17.7 Å². The van der Waals surface area contributed by atoms with Crippen LogP contribution in [0.2, 0.25) is 0 Å². The van der Waals surface area contributed by atoms with E-state index in [-0.39, 0.29) is 36.1 Å². The van der Waals surface area contributed by atoms with Gasteiger partial charge in [0.05, 0.1) is 12.2 Å². The highest BCUT2D eigenvalue weighted by atomic mass is 16.5. The topological polar surface area (TPSA) is 130 Å². The van der Waals surface area contributed by atoms with Crippen molar-refractivity contribution in [3.63, 3.8) is 0 Å². The fourth-order valence-corrected chi connectivity index (χ4v) is 3.40. The molecule has 0 saturated heterocycles. The van der Waals surface area contributed by atoms with E-state index < -0.39 is 18.3 Å². The number of aliphatic hydroxyl groups is 2. The minimum Gasteiger partial charge on any atom is -0.508 e. The van der Waals surface area contributed by atoms with Crippen LogP contribution in [-0.4, -0.2) is 52.3 Å². The third-order valence-corrected chi connectivity index (χ3v) is 5.27. The minimum absolute atomic E-state index is 0.0202. The van der Waals surface area contributed by atoms with Crippen LogP contribution in [0.3, 0.4) is 0 Å². The van der Waals surface area contributed by atoms with E-state index in [1.54, 1.807) is 44.2 Å². The van der Waals surface area contributed by atoms with Gasteiger partial charge in [-0.2, -0.15) is 0 Å². The molecule has 33 heavy (non-hydrogen) atoms. The number of anilines is 1. The lowest BCUT2D eigenvalue weighted by atomic mass is 9.94.